The smallest absolute Gasteiger partial charge is 0.163 e. The maximum Gasteiger partial charge on any atom is 0.163 e. The third-order valence-corrected chi connectivity index (χ3v) is 4.03. The number of rotatable bonds is 6. The summed E-state index contributed by atoms with van der Waals surface area (Å²) >= 11 is 8.64. The number of hydrogen-bond acceptors (Lipinski definition) is 5. The first-order chi connectivity index (χ1) is 6.77. The molecule has 0 bridgehead atoms. The molecule has 0 atom stereocenters. The van der Waals surface area contributed by atoms with E-state index in [-0.39, 0.29) is 0 Å². The molecule has 0 saturated carbocycles. The first kappa shape index (κ1) is 12.0. The summed E-state index contributed by atoms with van der Waals surface area (Å²) in [6.45, 7) is 0.743. The van der Waals surface area contributed by atoms with E-state index in [9.17, 15) is 4.79 Å². The minimum absolute atomic E-state index is 0.305. The maximum absolute atomic E-state index is 10.5. The van der Waals surface area contributed by atoms with Crippen molar-refractivity contribution in [2.24, 2.45) is 0 Å². The van der Waals surface area contributed by atoms with Gasteiger partial charge in [0.05, 0.1) is 0 Å². The molecule has 0 saturated heterocycles. The van der Waals surface area contributed by atoms with Crippen LogP contribution in [0, 0.1) is 0 Å². The zero-order valence-electron chi connectivity index (χ0n) is 7.66. The Morgan fingerprint density at radius 1 is 1.71 bits per heavy atom. The van der Waals surface area contributed by atoms with E-state index in [1.54, 1.807) is 18.9 Å². The van der Waals surface area contributed by atoms with Crippen LogP contribution < -0.4 is 0 Å². The van der Waals surface area contributed by atoms with Gasteiger partial charge in [-0.3, -0.25) is 4.79 Å². The van der Waals surface area contributed by atoms with Gasteiger partial charge in [-0.25, -0.2) is 4.98 Å². The highest BCUT2D eigenvalue weighted by atomic mass is 35.5. The molecule has 0 aromatic carbocycles. The second kappa shape index (κ2) is 6.40. The number of thioether (sulfide) groups is 1. The van der Waals surface area contributed by atoms with Crippen LogP contribution in [0.5, 0.6) is 0 Å². The van der Waals surface area contributed by atoms with Crippen LogP contribution in [0.1, 0.15) is 16.1 Å². The number of aldehydes is 1. The van der Waals surface area contributed by atoms with E-state index in [4.69, 9.17) is 16.3 Å². The molecule has 0 N–H and O–H groups in total. The summed E-state index contributed by atoms with van der Waals surface area (Å²) in [7, 11) is 1.68. The van der Waals surface area contributed by atoms with Gasteiger partial charge >= 0.3 is 0 Å². The van der Waals surface area contributed by atoms with E-state index in [1.165, 1.54) is 11.3 Å². The van der Waals surface area contributed by atoms with Crippen LogP contribution in [-0.2, 0) is 4.74 Å². The zero-order valence-corrected chi connectivity index (χ0v) is 10.0. The van der Waals surface area contributed by atoms with E-state index in [2.05, 4.69) is 4.98 Å². The fourth-order valence-electron chi connectivity index (χ4n) is 0.791. The summed E-state index contributed by atoms with van der Waals surface area (Å²) in [6, 6.07) is 0. The van der Waals surface area contributed by atoms with Crippen LogP contribution in [0.25, 0.3) is 0 Å². The van der Waals surface area contributed by atoms with Crippen molar-refractivity contribution in [2.45, 2.75) is 10.8 Å². The van der Waals surface area contributed by atoms with Gasteiger partial charge in [0.2, 0.25) is 0 Å². The van der Waals surface area contributed by atoms with Crippen LogP contribution in [0.3, 0.4) is 0 Å². The van der Waals surface area contributed by atoms with Crippen molar-refractivity contribution in [2.75, 3.05) is 19.5 Å². The molecule has 78 valence electrons. The molecule has 6 heteroatoms. The van der Waals surface area contributed by atoms with Gasteiger partial charge in [-0.15, -0.1) is 11.3 Å². The van der Waals surface area contributed by atoms with E-state index in [0.717, 1.165) is 29.4 Å². The molecular formula is C8H10ClNO2S2. The molecule has 0 radical (unpaired) electrons. The average molecular weight is 252 g/mol. The summed E-state index contributed by atoms with van der Waals surface area (Å²) in [5.41, 5.74) is 0. The van der Waals surface area contributed by atoms with E-state index >= 15 is 0 Å². The second-order valence-corrected chi connectivity index (χ2v) is 5.18. The molecule has 0 aliphatic heterocycles. The van der Waals surface area contributed by atoms with Crippen molar-refractivity contribution < 1.29 is 9.53 Å². The fourth-order valence-corrected chi connectivity index (χ4v) is 2.99. The van der Waals surface area contributed by atoms with Crippen LogP contribution in [0.4, 0.5) is 0 Å². The Hall–Kier alpha value is -0.100. The van der Waals surface area contributed by atoms with Crippen molar-refractivity contribution in [3.63, 3.8) is 0 Å². The largest absolute Gasteiger partial charge is 0.385 e. The number of aromatic nitrogens is 1. The molecule has 1 aromatic rings. The monoisotopic (exact) mass is 251 g/mol. The van der Waals surface area contributed by atoms with Crippen LogP contribution >= 0.6 is 34.7 Å². The molecule has 1 aromatic heterocycles. The third-order valence-electron chi connectivity index (χ3n) is 1.42. The van der Waals surface area contributed by atoms with Crippen LogP contribution in [0.2, 0.25) is 5.15 Å². The van der Waals surface area contributed by atoms with Crippen molar-refractivity contribution in [3.05, 3.63) is 10.0 Å². The molecule has 1 rings (SSSR count). The lowest BCUT2D eigenvalue weighted by Crippen LogP contribution is -1.89. The highest BCUT2D eigenvalue weighted by Crippen LogP contribution is 2.29. The SMILES string of the molecule is COCCCSc1nc(Cl)c(C=O)s1. The molecule has 0 unspecified atom stereocenters. The van der Waals surface area contributed by atoms with Crippen molar-refractivity contribution in [1.82, 2.24) is 4.98 Å². The van der Waals surface area contributed by atoms with Gasteiger partial charge in [-0.1, -0.05) is 23.4 Å². The maximum atomic E-state index is 10.5. The van der Waals surface area contributed by atoms with Crippen LogP contribution in [0.15, 0.2) is 4.34 Å². The minimum atomic E-state index is 0.305. The van der Waals surface area contributed by atoms with E-state index in [0.29, 0.717) is 10.0 Å². The Bertz CT molecular complexity index is 304. The van der Waals surface area contributed by atoms with Gasteiger partial charge in [0, 0.05) is 19.5 Å². The van der Waals surface area contributed by atoms with Crippen molar-refractivity contribution in [3.8, 4) is 0 Å². The topological polar surface area (TPSA) is 39.2 Å². The summed E-state index contributed by atoms with van der Waals surface area (Å²) in [5, 5.41) is 0.305. The number of thiazole rings is 1. The molecule has 1 heterocycles. The fraction of sp³-hybridized carbons (Fsp3) is 0.500. The first-order valence-corrected chi connectivity index (χ1v) is 6.19. The van der Waals surface area contributed by atoms with Gasteiger partial charge in [0.15, 0.2) is 15.8 Å². The number of hydrogen-bond donors (Lipinski definition) is 0. The van der Waals surface area contributed by atoms with Crippen LogP contribution in [-0.4, -0.2) is 30.7 Å². The van der Waals surface area contributed by atoms with E-state index < -0.39 is 0 Å². The number of halogens is 1. The molecule has 0 fully saturated rings. The molecule has 0 spiro atoms. The summed E-state index contributed by atoms with van der Waals surface area (Å²) in [4.78, 5) is 15.0. The predicted molar refractivity (Wildman–Crippen MR) is 59.7 cm³/mol. The number of methoxy groups -OCH3 is 1. The molecular weight excluding hydrogens is 242 g/mol. The average Bonchev–Trinajstić information content (AvgIpc) is 2.54. The first-order valence-electron chi connectivity index (χ1n) is 4.01. The zero-order chi connectivity index (χ0) is 10.4. The van der Waals surface area contributed by atoms with E-state index in [1.807, 2.05) is 0 Å². The normalized spacial score (nSPS) is 10.4. The Balaban J connectivity index is 2.39. The highest BCUT2D eigenvalue weighted by molar-refractivity contribution is 8.01. The number of carbonyl (C=O) groups is 1. The van der Waals surface area contributed by atoms with Gasteiger partial charge < -0.3 is 4.74 Å². The molecule has 0 amide bonds. The Morgan fingerprint density at radius 3 is 3.07 bits per heavy atom. The Kier molecular flexibility index (Phi) is 5.47. The number of ether oxygens (including phenoxy) is 1. The lowest BCUT2D eigenvalue weighted by molar-refractivity contribution is 0.112. The molecule has 0 aliphatic carbocycles. The van der Waals surface area contributed by atoms with Crippen molar-refractivity contribution in [1.29, 1.82) is 0 Å². The molecule has 0 aliphatic rings. The number of nitrogens with zero attached hydrogens (tertiary/aromatic N) is 1. The molecule has 3 nitrogen and oxygen atoms in total. The van der Waals surface area contributed by atoms with Gasteiger partial charge in [-0.05, 0) is 6.42 Å². The lowest BCUT2D eigenvalue weighted by Gasteiger charge is -1.95. The summed E-state index contributed by atoms with van der Waals surface area (Å²) in [5.74, 6) is 0.927. The van der Waals surface area contributed by atoms with Gasteiger partial charge in [0.1, 0.15) is 4.88 Å². The standard InChI is InChI=1S/C8H10ClNO2S2/c1-12-3-2-4-13-8-10-7(9)6(5-11)14-8/h5H,2-4H2,1H3. The van der Waals surface area contributed by atoms with Gasteiger partial charge in [0.25, 0.3) is 0 Å². The lowest BCUT2D eigenvalue weighted by atomic mass is 10.5. The third kappa shape index (κ3) is 3.57. The quantitative estimate of drug-likeness (QED) is 0.443. The molecule has 14 heavy (non-hydrogen) atoms. The number of carbonyl (C=O) groups excluding carboxylic acids is 1. The summed E-state index contributed by atoms with van der Waals surface area (Å²) < 4.78 is 5.76. The minimum Gasteiger partial charge on any atom is -0.385 e. The predicted octanol–water partition coefficient (Wildman–Crippen LogP) is 2.74. The van der Waals surface area contributed by atoms with Crippen molar-refractivity contribution >= 4 is 41.0 Å². The highest BCUT2D eigenvalue weighted by Gasteiger charge is 2.07. The second-order valence-electron chi connectivity index (χ2n) is 2.45. The Labute approximate surface area is 95.8 Å². The Morgan fingerprint density at radius 2 is 2.50 bits per heavy atom. The summed E-state index contributed by atoms with van der Waals surface area (Å²) in [6.07, 6.45) is 1.70. The van der Waals surface area contributed by atoms with Gasteiger partial charge in [-0.2, -0.15) is 0 Å².